The van der Waals surface area contributed by atoms with Crippen molar-refractivity contribution < 1.29 is 28.9 Å². The minimum atomic E-state index is -0.384. The maximum atomic E-state index is 11.1. The van der Waals surface area contributed by atoms with Gasteiger partial charge in [0.05, 0.1) is 38.6 Å². The van der Waals surface area contributed by atoms with Crippen molar-refractivity contribution in [1.29, 1.82) is 0 Å². The largest absolute Gasteiger partial charge is 0.465 e. The van der Waals surface area contributed by atoms with Crippen LogP contribution < -0.4 is 0 Å². The zero-order valence-electron chi connectivity index (χ0n) is 14.5. The molecule has 0 atom stereocenters. The monoisotopic (exact) mass is 346 g/mol. The standard InChI is InChI=1S/C10H12O3.C9H10O3/c1-12-7-8-4-3-5-9(6-8)10(11)13-2;1-12-9(11)8-4-2-3-7(5-8)6-10/h3-6H,7H2,1-2H3;2-5,10H,6H2,1H3. The third-order valence-electron chi connectivity index (χ3n) is 3.19. The van der Waals surface area contributed by atoms with Crippen molar-refractivity contribution in [2.45, 2.75) is 13.2 Å². The Kier molecular flexibility index (Phi) is 8.92. The fraction of sp³-hybridized carbons (Fsp3) is 0.263. The fourth-order valence-electron chi connectivity index (χ4n) is 1.99. The first-order valence-electron chi connectivity index (χ1n) is 7.50. The normalized spacial score (nSPS) is 9.60. The SMILES string of the molecule is COC(=O)c1cccc(CO)c1.COCc1cccc(C(=O)OC)c1. The molecule has 0 aliphatic carbocycles. The number of ether oxygens (including phenoxy) is 3. The number of hydrogen-bond acceptors (Lipinski definition) is 6. The van der Waals surface area contributed by atoms with Gasteiger partial charge in [-0.3, -0.25) is 0 Å². The van der Waals surface area contributed by atoms with Crippen LogP contribution in [0, 0.1) is 0 Å². The quantitative estimate of drug-likeness (QED) is 0.838. The maximum Gasteiger partial charge on any atom is 0.337 e. The van der Waals surface area contributed by atoms with E-state index in [-0.39, 0.29) is 18.5 Å². The van der Waals surface area contributed by atoms with E-state index in [1.165, 1.54) is 14.2 Å². The second-order valence-electron chi connectivity index (χ2n) is 4.98. The van der Waals surface area contributed by atoms with Crippen LogP contribution in [0.3, 0.4) is 0 Å². The van der Waals surface area contributed by atoms with E-state index in [2.05, 4.69) is 9.47 Å². The molecule has 25 heavy (non-hydrogen) atoms. The van der Waals surface area contributed by atoms with Crippen molar-refractivity contribution >= 4 is 11.9 Å². The summed E-state index contributed by atoms with van der Waals surface area (Å²) in [6.07, 6.45) is 0. The number of aliphatic hydroxyl groups is 1. The summed E-state index contributed by atoms with van der Waals surface area (Å²) in [5, 5.41) is 8.76. The van der Waals surface area contributed by atoms with Gasteiger partial charge in [-0.25, -0.2) is 9.59 Å². The first-order chi connectivity index (χ1) is 12.0. The van der Waals surface area contributed by atoms with E-state index < -0.39 is 0 Å². The van der Waals surface area contributed by atoms with Crippen LogP contribution in [0.15, 0.2) is 48.5 Å². The lowest BCUT2D eigenvalue weighted by Gasteiger charge is -2.02. The molecule has 0 unspecified atom stereocenters. The van der Waals surface area contributed by atoms with Crippen molar-refractivity contribution in [3.63, 3.8) is 0 Å². The Morgan fingerprint density at radius 3 is 1.76 bits per heavy atom. The first-order valence-corrected chi connectivity index (χ1v) is 7.50. The van der Waals surface area contributed by atoms with Crippen molar-refractivity contribution in [2.75, 3.05) is 21.3 Å². The highest BCUT2D eigenvalue weighted by atomic mass is 16.5. The molecule has 0 spiro atoms. The molecule has 0 aliphatic rings. The average Bonchev–Trinajstić information content (AvgIpc) is 2.67. The van der Waals surface area contributed by atoms with Crippen molar-refractivity contribution in [3.05, 3.63) is 70.8 Å². The van der Waals surface area contributed by atoms with Gasteiger partial charge < -0.3 is 19.3 Å². The van der Waals surface area contributed by atoms with Crippen LogP contribution >= 0.6 is 0 Å². The van der Waals surface area contributed by atoms with Crippen LogP contribution in [0.2, 0.25) is 0 Å². The molecular weight excluding hydrogens is 324 g/mol. The maximum absolute atomic E-state index is 11.1. The van der Waals surface area contributed by atoms with Gasteiger partial charge in [-0.1, -0.05) is 24.3 Å². The highest BCUT2D eigenvalue weighted by molar-refractivity contribution is 5.89. The average molecular weight is 346 g/mol. The second kappa shape index (κ2) is 11.0. The fourth-order valence-corrected chi connectivity index (χ4v) is 1.99. The molecule has 2 aromatic rings. The van der Waals surface area contributed by atoms with E-state index >= 15 is 0 Å². The van der Waals surface area contributed by atoms with E-state index in [0.29, 0.717) is 23.3 Å². The Labute approximate surface area is 147 Å². The molecule has 0 fully saturated rings. The van der Waals surface area contributed by atoms with Crippen molar-refractivity contribution in [2.24, 2.45) is 0 Å². The third-order valence-corrected chi connectivity index (χ3v) is 3.19. The Morgan fingerprint density at radius 2 is 1.32 bits per heavy atom. The van der Waals surface area contributed by atoms with E-state index in [1.807, 2.05) is 6.07 Å². The summed E-state index contributed by atoms with van der Waals surface area (Å²) in [5.41, 5.74) is 2.68. The highest BCUT2D eigenvalue weighted by Crippen LogP contribution is 2.07. The Hall–Kier alpha value is -2.70. The number of methoxy groups -OCH3 is 3. The van der Waals surface area contributed by atoms with Gasteiger partial charge in [0.25, 0.3) is 0 Å². The number of aliphatic hydroxyl groups excluding tert-OH is 1. The molecule has 0 heterocycles. The Bertz CT molecular complexity index is 696. The third kappa shape index (κ3) is 6.74. The second-order valence-corrected chi connectivity index (χ2v) is 4.98. The molecule has 2 aromatic carbocycles. The molecule has 1 N–H and O–H groups in total. The van der Waals surface area contributed by atoms with Crippen LogP contribution in [0.1, 0.15) is 31.8 Å². The zero-order valence-corrected chi connectivity index (χ0v) is 14.5. The lowest BCUT2D eigenvalue weighted by molar-refractivity contribution is 0.0591. The van der Waals surface area contributed by atoms with Gasteiger partial charge in [0.15, 0.2) is 0 Å². The van der Waals surface area contributed by atoms with E-state index in [4.69, 9.17) is 9.84 Å². The van der Waals surface area contributed by atoms with Gasteiger partial charge in [0.1, 0.15) is 0 Å². The van der Waals surface area contributed by atoms with Crippen LogP contribution in [0.25, 0.3) is 0 Å². The predicted octanol–water partition coefficient (Wildman–Crippen LogP) is 2.59. The predicted molar refractivity (Wildman–Crippen MR) is 92.2 cm³/mol. The molecule has 0 aromatic heterocycles. The molecule has 0 bridgehead atoms. The van der Waals surface area contributed by atoms with Gasteiger partial charge in [-0.2, -0.15) is 0 Å². The van der Waals surface area contributed by atoms with Gasteiger partial charge >= 0.3 is 11.9 Å². The molecule has 0 amide bonds. The van der Waals surface area contributed by atoms with Gasteiger partial charge in [0, 0.05) is 7.11 Å². The number of carbonyl (C=O) groups excluding carboxylic acids is 2. The Morgan fingerprint density at radius 1 is 0.840 bits per heavy atom. The molecule has 134 valence electrons. The molecule has 0 aliphatic heterocycles. The van der Waals surface area contributed by atoms with Crippen LogP contribution in [0.5, 0.6) is 0 Å². The minimum absolute atomic E-state index is 0.0646. The lowest BCUT2D eigenvalue weighted by atomic mass is 10.1. The van der Waals surface area contributed by atoms with Gasteiger partial charge in [0.2, 0.25) is 0 Å². The molecule has 6 heteroatoms. The van der Waals surface area contributed by atoms with Crippen molar-refractivity contribution in [3.8, 4) is 0 Å². The summed E-state index contributed by atoms with van der Waals surface area (Å²) in [5.74, 6) is -0.705. The van der Waals surface area contributed by atoms with Crippen LogP contribution in [-0.4, -0.2) is 38.4 Å². The number of esters is 2. The van der Waals surface area contributed by atoms with Crippen LogP contribution in [0.4, 0.5) is 0 Å². The van der Waals surface area contributed by atoms with Crippen LogP contribution in [-0.2, 0) is 27.4 Å². The van der Waals surface area contributed by atoms with E-state index in [1.54, 1.807) is 49.6 Å². The molecule has 0 saturated carbocycles. The molecule has 0 saturated heterocycles. The van der Waals surface area contributed by atoms with Crippen molar-refractivity contribution in [1.82, 2.24) is 0 Å². The number of hydrogen-bond donors (Lipinski definition) is 1. The number of carbonyl (C=O) groups is 2. The van der Waals surface area contributed by atoms with Gasteiger partial charge in [-0.05, 0) is 35.4 Å². The molecule has 0 radical (unpaired) electrons. The Balaban J connectivity index is 0.000000251. The molecular formula is C19H22O6. The van der Waals surface area contributed by atoms with E-state index in [0.717, 1.165) is 5.56 Å². The number of rotatable bonds is 5. The summed E-state index contributed by atoms with van der Waals surface area (Å²) in [4.78, 5) is 22.1. The topological polar surface area (TPSA) is 82.1 Å². The smallest absolute Gasteiger partial charge is 0.337 e. The number of benzene rings is 2. The summed E-state index contributed by atoms with van der Waals surface area (Å²) in [6.45, 7) is 0.440. The van der Waals surface area contributed by atoms with Gasteiger partial charge in [-0.15, -0.1) is 0 Å². The molecule has 6 nitrogen and oxygen atoms in total. The van der Waals surface area contributed by atoms with E-state index in [9.17, 15) is 9.59 Å². The first kappa shape index (κ1) is 20.3. The highest BCUT2D eigenvalue weighted by Gasteiger charge is 2.05. The summed E-state index contributed by atoms with van der Waals surface area (Å²) < 4.78 is 14.0. The summed E-state index contributed by atoms with van der Waals surface area (Å²) in [6, 6.07) is 13.9. The zero-order chi connectivity index (χ0) is 18.7. The minimum Gasteiger partial charge on any atom is -0.465 e. The summed E-state index contributed by atoms with van der Waals surface area (Å²) >= 11 is 0. The lowest BCUT2D eigenvalue weighted by Crippen LogP contribution is -2.01. The molecule has 2 rings (SSSR count). The summed E-state index contributed by atoms with van der Waals surface area (Å²) in [7, 11) is 4.31.